The Hall–Kier alpha value is -1.83. The fraction of sp³-hybridized carbons (Fsp3) is 0.444. The number of rotatable bonds is 5. The van der Waals surface area contributed by atoms with Gasteiger partial charge in [-0.1, -0.05) is 0 Å². The monoisotopic (exact) mass is 246 g/mol. The first kappa shape index (κ1) is 13.2. The first-order chi connectivity index (χ1) is 7.85. The summed E-state index contributed by atoms with van der Waals surface area (Å²) in [5.74, 6) is -3.04. The molecule has 0 saturated heterocycles. The summed E-state index contributed by atoms with van der Waals surface area (Å²) >= 11 is 0. The van der Waals surface area contributed by atoms with Crippen LogP contribution in [0.15, 0.2) is 12.3 Å². The number of aromatic nitrogens is 1. The number of anilines is 1. The smallest absolute Gasteiger partial charge is 0.277 e. The maximum absolute atomic E-state index is 12.8. The highest BCUT2D eigenvalue weighted by Crippen LogP contribution is 2.20. The molecule has 3 N–H and O–H groups in total. The zero-order chi connectivity index (χ0) is 13.1. The molecule has 17 heavy (non-hydrogen) atoms. The Kier molecular flexibility index (Phi) is 3.89. The van der Waals surface area contributed by atoms with E-state index in [4.69, 9.17) is 5.73 Å². The number of aryl methyl sites for hydroxylation is 1. The van der Waals surface area contributed by atoms with Crippen LogP contribution in [0.4, 0.5) is 20.3 Å². The average molecular weight is 246 g/mol. The second-order valence-corrected chi connectivity index (χ2v) is 3.53. The number of nitrogens with two attached hydrogens (primary N) is 1. The molecule has 0 aliphatic heterocycles. The summed E-state index contributed by atoms with van der Waals surface area (Å²) in [5, 5.41) is 12.9. The fourth-order valence-corrected chi connectivity index (χ4v) is 1.10. The van der Waals surface area contributed by atoms with Crippen molar-refractivity contribution in [2.24, 2.45) is 5.73 Å². The molecule has 0 aliphatic rings. The first-order valence-electron chi connectivity index (χ1n) is 4.78. The summed E-state index contributed by atoms with van der Waals surface area (Å²) in [5.41, 5.74) is 5.05. The lowest BCUT2D eigenvalue weighted by molar-refractivity contribution is -0.385. The molecule has 0 amide bonds. The lowest BCUT2D eigenvalue weighted by Crippen LogP contribution is -2.35. The third-order valence-corrected chi connectivity index (χ3v) is 2.10. The van der Waals surface area contributed by atoms with Crippen LogP contribution >= 0.6 is 0 Å². The van der Waals surface area contributed by atoms with Gasteiger partial charge in [-0.05, 0) is 6.92 Å². The third-order valence-electron chi connectivity index (χ3n) is 2.10. The lowest BCUT2D eigenvalue weighted by Gasteiger charge is -2.14. The minimum atomic E-state index is -3.07. The molecule has 0 atom stereocenters. The van der Waals surface area contributed by atoms with Crippen molar-refractivity contribution < 1.29 is 13.7 Å². The molecule has 8 heteroatoms. The summed E-state index contributed by atoms with van der Waals surface area (Å²) in [4.78, 5) is 13.8. The Morgan fingerprint density at radius 2 is 2.29 bits per heavy atom. The van der Waals surface area contributed by atoms with E-state index in [-0.39, 0.29) is 11.5 Å². The van der Waals surface area contributed by atoms with E-state index in [1.807, 2.05) is 0 Å². The van der Waals surface area contributed by atoms with Gasteiger partial charge in [0.15, 0.2) is 0 Å². The number of alkyl halides is 2. The molecular weight excluding hydrogens is 234 g/mol. The molecular formula is C9H12F2N4O2. The number of pyridine rings is 1. The summed E-state index contributed by atoms with van der Waals surface area (Å²) in [6.45, 7) is 0.00801. The van der Waals surface area contributed by atoms with Gasteiger partial charge < -0.3 is 11.1 Å². The predicted octanol–water partition coefficient (Wildman–Crippen LogP) is 1.30. The van der Waals surface area contributed by atoms with Crippen molar-refractivity contribution in [3.05, 3.63) is 27.9 Å². The molecule has 1 aromatic rings. The second kappa shape index (κ2) is 5.00. The number of nitrogens with one attached hydrogen (secondary N) is 1. The molecule has 0 radical (unpaired) electrons. The number of hydrogen-bond donors (Lipinski definition) is 2. The van der Waals surface area contributed by atoms with Crippen LogP contribution in [0.5, 0.6) is 0 Å². The van der Waals surface area contributed by atoms with Gasteiger partial charge in [-0.3, -0.25) is 10.1 Å². The van der Waals surface area contributed by atoms with Gasteiger partial charge in [0.1, 0.15) is 5.82 Å². The summed E-state index contributed by atoms with van der Waals surface area (Å²) in [6, 6.07) is 1.11. The standard InChI is InChI=1S/C9H12F2N4O2/c1-6-3-13-8(2-7(6)15(16)17)14-5-9(10,11)4-12/h2-3H,4-5,12H2,1H3,(H,13,14). The Morgan fingerprint density at radius 1 is 1.65 bits per heavy atom. The fourth-order valence-electron chi connectivity index (χ4n) is 1.10. The Labute approximate surface area is 96.0 Å². The SMILES string of the molecule is Cc1cnc(NCC(F)(F)CN)cc1[N+](=O)[O-]. The van der Waals surface area contributed by atoms with Crippen molar-refractivity contribution in [3.8, 4) is 0 Å². The van der Waals surface area contributed by atoms with E-state index in [2.05, 4.69) is 10.3 Å². The predicted molar refractivity (Wildman–Crippen MR) is 58.1 cm³/mol. The topological polar surface area (TPSA) is 94.1 Å². The zero-order valence-electron chi connectivity index (χ0n) is 9.11. The van der Waals surface area contributed by atoms with Crippen LogP contribution in [-0.4, -0.2) is 28.9 Å². The van der Waals surface area contributed by atoms with Crippen molar-refractivity contribution >= 4 is 11.5 Å². The molecule has 1 rings (SSSR count). The van der Waals surface area contributed by atoms with Crippen LogP contribution in [0, 0.1) is 17.0 Å². The van der Waals surface area contributed by atoms with E-state index in [0.29, 0.717) is 5.56 Å². The summed E-state index contributed by atoms with van der Waals surface area (Å²) in [7, 11) is 0. The Bertz CT molecular complexity index is 425. The molecule has 0 saturated carbocycles. The summed E-state index contributed by atoms with van der Waals surface area (Å²) in [6.07, 6.45) is 1.25. The highest BCUT2D eigenvalue weighted by molar-refractivity contribution is 5.48. The van der Waals surface area contributed by atoms with E-state index in [9.17, 15) is 18.9 Å². The van der Waals surface area contributed by atoms with Crippen molar-refractivity contribution in [2.75, 3.05) is 18.4 Å². The van der Waals surface area contributed by atoms with E-state index in [1.54, 1.807) is 0 Å². The quantitative estimate of drug-likeness (QED) is 0.603. The van der Waals surface area contributed by atoms with E-state index in [1.165, 1.54) is 13.1 Å². The van der Waals surface area contributed by atoms with Gasteiger partial charge in [0.2, 0.25) is 0 Å². The van der Waals surface area contributed by atoms with Gasteiger partial charge in [0.25, 0.3) is 11.6 Å². The molecule has 94 valence electrons. The van der Waals surface area contributed by atoms with Gasteiger partial charge in [-0.15, -0.1) is 0 Å². The average Bonchev–Trinajstić information content (AvgIpc) is 2.27. The van der Waals surface area contributed by atoms with Crippen LogP contribution in [0.2, 0.25) is 0 Å². The molecule has 0 fully saturated rings. The molecule has 1 heterocycles. The van der Waals surface area contributed by atoms with Crippen LogP contribution in [0.1, 0.15) is 5.56 Å². The third kappa shape index (κ3) is 3.59. The van der Waals surface area contributed by atoms with E-state index >= 15 is 0 Å². The van der Waals surface area contributed by atoms with Crippen LogP contribution < -0.4 is 11.1 Å². The molecule has 0 unspecified atom stereocenters. The van der Waals surface area contributed by atoms with E-state index < -0.39 is 23.9 Å². The first-order valence-corrected chi connectivity index (χ1v) is 4.78. The van der Waals surface area contributed by atoms with Gasteiger partial charge in [-0.25, -0.2) is 13.8 Å². The molecule has 0 bridgehead atoms. The molecule has 0 aromatic carbocycles. The van der Waals surface area contributed by atoms with Crippen molar-refractivity contribution in [1.82, 2.24) is 4.98 Å². The largest absolute Gasteiger partial charge is 0.364 e. The van der Waals surface area contributed by atoms with Crippen LogP contribution in [0.25, 0.3) is 0 Å². The maximum atomic E-state index is 12.8. The van der Waals surface area contributed by atoms with Gasteiger partial charge in [0.05, 0.1) is 24.1 Å². The van der Waals surface area contributed by atoms with Gasteiger partial charge in [-0.2, -0.15) is 0 Å². The number of hydrogen-bond acceptors (Lipinski definition) is 5. The second-order valence-electron chi connectivity index (χ2n) is 3.53. The molecule has 0 spiro atoms. The van der Waals surface area contributed by atoms with Gasteiger partial charge in [0, 0.05) is 11.8 Å². The maximum Gasteiger partial charge on any atom is 0.277 e. The Morgan fingerprint density at radius 3 is 2.82 bits per heavy atom. The zero-order valence-corrected chi connectivity index (χ0v) is 9.11. The molecule has 0 aliphatic carbocycles. The molecule has 1 aromatic heterocycles. The van der Waals surface area contributed by atoms with Gasteiger partial charge >= 0.3 is 0 Å². The van der Waals surface area contributed by atoms with E-state index in [0.717, 1.165) is 6.07 Å². The highest BCUT2D eigenvalue weighted by atomic mass is 19.3. The van der Waals surface area contributed by atoms with Crippen molar-refractivity contribution in [2.45, 2.75) is 12.8 Å². The number of nitrogens with zero attached hydrogens (tertiary/aromatic N) is 2. The van der Waals surface area contributed by atoms with Crippen molar-refractivity contribution in [3.63, 3.8) is 0 Å². The van der Waals surface area contributed by atoms with Crippen molar-refractivity contribution in [1.29, 1.82) is 0 Å². The molecule has 6 nitrogen and oxygen atoms in total. The minimum Gasteiger partial charge on any atom is -0.364 e. The van der Waals surface area contributed by atoms with Crippen LogP contribution in [0.3, 0.4) is 0 Å². The number of nitro groups is 1. The highest BCUT2D eigenvalue weighted by Gasteiger charge is 2.26. The summed E-state index contributed by atoms with van der Waals surface area (Å²) < 4.78 is 25.7. The van der Waals surface area contributed by atoms with Crippen LogP contribution in [-0.2, 0) is 0 Å². The Balaban J connectivity index is 2.80. The lowest BCUT2D eigenvalue weighted by atomic mass is 10.2. The number of halogens is 2. The normalized spacial score (nSPS) is 11.3. The minimum absolute atomic E-state index is 0.0235.